The van der Waals surface area contributed by atoms with Crippen molar-refractivity contribution in [3.05, 3.63) is 35.9 Å². The van der Waals surface area contributed by atoms with Crippen molar-refractivity contribution in [2.24, 2.45) is 11.7 Å². The van der Waals surface area contributed by atoms with Gasteiger partial charge >= 0.3 is 0 Å². The normalized spacial score (nSPS) is 18.6. The van der Waals surface area contributed by atoms with Crippen molar-refractivity contribution >= 4 is 21.8 Å². The van der Waals surface area contributed by atoms with E-state index in [9.17, 15) is 18.0 Å². The number of sulfonamides is 1. The molecule has 27 heavy (non-hydrogen) atoms. The maximum Gasteiger partial charge on any atom is 0.239 e. The number of carbonyl (C=O) groups is 2. The highest BCUT2D eigenvalue weighted by Gasteiger charge is 2.32. The van der Waals surface area contributed by atoms with Gasteiger partial charge in [0.2, 0.25) is 21.8 Å². The Morgan fingerprint density at radius 3 is 2.30 bits per heavy atom. The van der Waals surface area contributed by atoms with Gasteiger partial charge in [-0.3, -0.25) is 9.59 Å². The quantitative estimate of drug-likeness (QED) is 0.610. The van der Waals surface area contributed by atoms with Crippen molar-refractivity contribution in [3.63, 3.8) is 0 Å². The van der Waals surface area contributed by atoms with Gasteiger partial charge in [-0.25, -0.2) is 8.42 Å². The SMILES string of the molecule is C[C@H](NC(=O)C(Cc1ccccc1)CS(=O)(=O)N1CCN(C)CC1)C(N)=O. The number of piperazine rings is 1. The molecule has 9 heteroatoms. The minimum atomic E-state index is -3.60. The Kier molecular flexibility index (Phi) is 7.34. The summed E-state index contributed by atoms with van der Waals surface area (Å²) in [6, 6.07) is 8.37. The summed E-state index contributed by atoms with van der Waals surface area (Å²) >= 11 is 0. The maximum atomic E-state index is 12.9. The first kappa shape index (κ1) is 21.3. The van der Waals surface area contributed by atoms with Crippen molar-refractivity contribution in [1.82, 2.24) is 14.5 Å². The summed E-state index contributed by atoms with van der Waals surface area (Å²) in [5.74, 6) is -2.26. The second-order valence-electron chi connectivity index (χ2n) is 7.00. The van der Waals surface area contributed by atoms with E-state index in [4.69, 9.17) is 5.73 Å². The van der Waals surface area contributed by atoms with E-state index in [2.05, 4.69) is 10.2 Å². The first-order valence-corrected chi connectivity index (χ1v) is 10.6. The molecule has 2 atom stereocenters. The van der Waals surface area contributed by atoms with E-state index < -0.39 is 33.8 Å². The Bertz CT molecular complexity index is 746. The fourth-order valence-electron chi connectivity index (χ4n) is 2.95. The van der Waals surface area contributed by atoms with Crippen molar-refractivity contribution in [2.75, 3.05) is 39.0 Å². The average molecular weight is 397 g/mol. The lowest BCUT2D eigenvalue weighted by Crippen LogP contribution is -2.50. The number of benzene rings is 1. The van der Waals surface area contributed by atoms with Crippen LogP contribution in [-0.4, -0.2) is 74.5 Å². The van der Waals surface area contributed by atoms with Gasteiger partial charge in [-0.05, 0) is 26.0 Å². The van der Waals surface area contributed by atoms with Crippen LogP contribution in [0.5, 0.6) is 0 Å². The molecule has 1 heterocycles. The molecule has 0 saturated carbocycles. The van der Waals surface area contributed by atoms with Crippen molar-refractivity contribution in [3.8, 4) is 0 Å². The number of nitrogens with zero attached hydrogens (tertiary/aromatic N) is 2. The van der Waals surface area contributed by atoms with E-state index in [1.165, 1.54) is 11.2 Å². The van der Waals surface area contributed by atoms with Gasteiger partial charge in [0.1, 0.15) is 6.04 Å². The van der Waals surface area contributed by atoms with Crippen LogP contribution < -0.4 is 11.1 Å². The topological polar surface area (TPSA) is 113 Å². The minimum Gasteiger partial charge on any atom is -0.368 e. The van der Waals surface area contributed by atoms with Crippen LogP contribution in [0.4, 0.5) is 0 Å². The number of likely N-dealkylation sites (N-methyl/N-ethyl adjacent to an activating group) is 1. The zero-order valence-electron chi connectivity index (χ0n) is 15.8. The molecule has 0 aliphatic carbocycles. The number of nitrogens with two attached hydrogens (primary N) is 1. The molecule has 0 radical (unpaired) electrons. The van der Waals surface area contributed by atoms with E-state index in [1.54, 1.807) is 0 Å². The van der Waals surface area contributed by atoms with Gasteiger partial charge in [-0.1, -0.05) is 30.3 Å². The minimum absolute atomic E-state index is 0.269. The van der Waals surface area contributed by atoms with E-state index in [0.29, 0.717) is 26.2 Å². The van der Waals surface area contributed by atoms with Crippen molar-refractivity contribution < 1.29 is 18.0 Å². The monoisotopic (exact) mass is 396 g/mol. The zero-order chi connectivity index (χ0) is 20.0. The Morgan fingerprint density at radius 1 is 1.15 bits per heavy atom. The highest BCUT2D eigenvalue weighted by Crippen LogP contribution is 2.16. The molecule has 3 N–H and O–H groups in total. The molecule has 1 unspecified atom stereocenters. The van der Waals surface area contributed by atoms with Crippen molar-refractivity contribution in [1.29, 1.82) is 0 Å². The predicted octanol–water partition coefficient (Wildman–Crippen LogP) is -0.587. The lowest BCUT2D eigenvalue weighted by molar-refractivity contribution is -0.129. The highest BCUT2D eigenvalue weighted by molar-refractivity contribution is 7.89. The zero-order valence-corrected chi connectivity index (χ0v) is 16.6. The molecular formula is C18H28N4O4S. The van der Waals surface area contributed by atoms with Crippen LogP contribution in [0.3, 0.4) is 0 Å². The van der Waals surface area contributed by atoms with Gasteiger partial charge in [-0.2, -0.15) is 4.31 Å². The van der Waals surface area contributed by atoms with Crippen LogP contribution >= 0.6 is 0 Å². The molecule has 0 spiro atoms. The Labute approximate surface area is 160 Å². The number of primary amides is 1. The molecule has 1 fully saturated rings. The van der Waals surface area contributed by atoms with E-state index in [1.807, 2.05) is 37.4 Å². The Hall–Kier alpha value is -1.97. The fraction of sp³-hybridized carbons (Fsp3) is 0.556. The summed E-state index contributed by atoms with van der Waals surface area (Å²) in [6.07, 6.45) is 0.269. The second-order valence-corrected chi connectivity index (χ2v) is 9.01. The fourth-order valence-corrected chi connectivity index (χ4v) is 4.66. The maximum absolute atomic E-state index is 12.9. The average Bonchev–Trinajstić information content (AvgIpc) is 2.62. The molecular weight excluding hydrogens is 368 g/mol. The van der Waals surface area contributed by atoms with E-state index >= 15 is 0 Å². The number of nitrogens with one attached hydrogen (secondary N) is 1. The number of hydrogen-bond donors (Lipinski definition) is 2. The molecule has 1 aromatic rings. The largest absolute Gasteiger partial charge is 0.368 e. The van der Waals surface area contributed by atoms with Crippen LogP contribution in [-0.2, 0) is 26.0 Å². The number of carbonyl (C=O) groups excluding carboxylic acids is 2. The van der Waals surface area contributed by atoms with Crippen LogP contribution in [0.1, 0.15) is 12.5 Å². The first-order valence-electron chi connectivity index (χ1n) is 8.99. The molecule has 1 aliphatic heterocycles. The van der Waals surface area contributed by atoms with Gasteiger partial charge in [-0.15, -0.1) is 0 Å². The molecule has 0 bridgehead atoms. The number of hydrogen-bond acceptors (Lipinski definition) is 5. The van der Waals surface area contributed by atoms with Gasteiger partial charge < -0.3 is 16.0 Å². The molecule has 2 amide bonds. The third-order valence-electron chi connectivity index (χ3n) is 4.75. The Balaban J connectivity index is 2.15. The van der Waals surface area contributed by atoms with Crippen LogP contribution in [0.2, 0.25) is 0 Å². The summed E-state index contributed by atoms with van der Waals surface area (Å²) in [6.45, 7) is 3.63. The third-order valence-corrected chi connectivity index (χ3v) is 6.72. The predicted molar refractivity (Wildman–Crippen MR) is 103 cm³/mol. The van der Waals surface area contributed by atoms with Gasteiger partial charge in [0, 0.05) is 26.2 Å². The lowest BCUT2D eigenvalue weighted by atomic mass is 10.00. The van der Waals surface area contributed by atoms with Crippen LogP contribution in [0, 0.1) is 5.92 Å². The molecule has 1 aliphatic rings. The standard InChI is InChI=1S/C18H28N4O4S/c1-14(17(19)23)20-18(24)16(12-15-6-4-3-5-7-15)13-27(25,26)22-10-8-21(2)9-11-22/h3-7,14,16H,8-13H2,1-2H3,(H2,19,23)(H,20,24)/t14-,16?/m0/s1. The summed E-state index contributed by atoms with van der Waals surface area (Å²) in [7, 11) is -1.65. The number of rotatable bonds is 8. The lowest BCUT2D eigenvalue weighted by Gasteiger charge is -2.32. The Morgan fingerprint density at radius 2 is 1.74 bits per heavy atom. The third kappa shape index (κ3) is 6.30. The van der Waals surface area contributed by atoms with Crippen LogP contribution in [0.25, 0.3) is 0 Å². The van der Waals surface area contributed by atoms with Crippen LogP contribution in [0.15, 0.2) is 30.3 Å². The van der Waals surface area contributed by atoms with E-state index in [0.717, 1.165) is 5.56 Å². The first-order chi connectivity index (χ1) is 12.7. The van der Waals surface area contributed by atoms with Gasteiger partial charge in [0.05, 0.1) is 11.7 Å². The van der Waals surface area contributed by atoms with Crippen molar-refractivity contribution in [2.45, 2.75) is 19.4 Å². The summed E-state index contributed by atoms with van der Waals surface area (Å²) in [5, 5.41) is 2.53. The molecule has 150 valence electrons. The highest BCUT2D eigenvalue weighted by atomic mass is 32.2. The van der Waals surface area contributed by atoms with Gasteiger partial charge in [0.15, 0.2) is 0 Å². The van der Waals surface area contributed by atoms with E-state index in [-0.39, 0.29) is 12.2 Å². The molecule has 1 aromatic carbocycles. The van der Waals surface area contributed by atoms with Gasteiger partial charge in [0.25, 0.3) is 0 Å². The summed E-state index contributed by atoms with van der Waals surface area (Å²) in [5.41, 5.74) is 6.07. The smallest absolute Gasteiger partial charge is 0.239 e. The summed E-state index contributed by atoms with van der Waals surface area (Å²) < 4.78 is 27.1. The molecule has 1 saturated heterocycles. The number of amides is 2. The molecule has 2 rings (SSSR count). The molecule has 0 aromatic heterocycles. The second kappa shape index (κ2) is 9.29. The molecule has 8 nitrogen and oxygen atoms in total. The summed E-state index contributed by atoms with van der Waals surface area (Å²) in [4.78, 5) is 26.0.